The highest BCUT2D eigenvalue weighted by Crippen LogP contribution is 2.36. The van der Waals surface area contributed by atoms with E-state index in [-0.39, 0.29) is 42.5 Å². The molecule has 0 fully saturated rings. The minimum Gasteiger partial charge on any atom is -0.342 e. The van der Waals surface area contributed by atoms with Crippen LogP contribution in [-0.2, 0) is 18.5 Å². The smallest absolute Gasteiger partial charge is 0.342 e. The third kappa shape index (κ3) is 6.60. The largest absolute Gasteiger partial charge is 0.453 e. The van der Waals surface area contributed by atoms with Crippen molar-refractivity contribution in [2.75, 3.05) is 0 Å². The maximum atomic E-state index is 13.2. The van der Waals surface area contributed by atoms with Crippen molar-refractivity contribution in [3.05, 3.63) is 69.9 Å². The summed E-state index contributed by atoms with van der Waals surface area (Å²) >= 11 is 5.70. The van der Waals surface area contributed by atoms with E-state index < -0.39 is 58.8 Å². The number of aromatic nitrogens is 4. The van der Waals surface area contributed by atoms with Gasteiger partial charge >= 0.3 is 18.5 Å². The van der Waals surface area contributed by atoms with Gasteiger partial charge in [0.05, 0.1) is 22.2 Å². The lowest BCUT2D eigenvalue weighted by Crippen LogP contribution is -2.29. The average molecular weight is 566 g/mol. The van der Waals surface area contributed by atoms with E-state index in [2.05, 4.69) is 15.1 Å². The Balaban J connectivity index is 0.00000456. The van der Waals surface area contributed by atoms with Gasteiger partial charge in [0.1, 0.15) is 0 Å². The van der Waals surface area contributed by atoms with Crippen LogP contribution in [0.25, 0.3) is 5.82 Å². The monoisotopic (exact) mass is 565 g/mol. The fourth-order valence-electron chi connectivity index (χ4n) is 2.82. The van der Waals surface area contributed by atoms with Gasteiger partial charge in [-0.25, -0.2) is 9.97 Å². The van der Waals surface area contributed by atoms with Gasteiger partial charge in [0.15, 0.2) is 11.6 Å². The van der Waals surface area contributed by atoms with Crippen molar-refractivity contribution in [3.63, 3.8) is 0 Å². The number of hydrogen-bond donors (Lipinski definition) is 1. The van der Waals surface area contributed by atoms with Gasteiger partial charge in [-0.1, -0.05) is 11.6 Å². The summed E-state index contributed by atoms with van der Waals surface area (Å²) in [6, 6.07) is 1.18. The Bertz CT molecular complexity index is 1210. The van der Waals surface area contributed by atoms with E-state index in [1.54, 1.807) is 0 Å². The van der Waals surface area contributed by atoms with Gasteiger partial charge in [-0.3, -0.25) is 4.79 Å². The Labute approximate surface area is 207 Å². The van der Waals surface area contributed by atoms with Crippen LogP contribution in [0.3, 0.4) is 0 Å². The summed E-state index contributed by atoms with van der Waals surface area (Å²) in [7, 11) is 0. The number of alkyl halides is 9. The third-order valence-electron chi connectivity index (χ3n) is 4.40. The zero-order chi connectivity index (χ0) is 26.3. The number of carbonyl (C=O) groups is 1. The Hall–Kier alpha value is -3.01. The molecule has 1 amide bonds. The molecular weight excluding hydrogens is 553 g/mol. The minimum atomic E-state index is -5.20. The first-order chi connectivity index (χ1) is 16.0. The molecule has 2 heterocycles. The van der Waals surface area contributed by atoms with Crippen molar-refractivity contribution >= 4 is 31.0 Å². The van der Waals surface area contributed by atoms with E-state index in [0.717, 1.165) is 13.1 Å². The van der Waals surface area contributed by atoms with E-state index >= 15 is 0 Å². The first kappa shape index (κ1) is 29.2. The van der Waals surface area contributed by atoms with E-state index in [0.29, 0.717) is 4.68 Å². The Kier molecular flexibility index (Phi) is 8.25. The number of rotatable bonds is 4. The highest BCUT2D eigenvalue weighted by molar-refractivity contribution is 7.59. The lowest BCUT2D eigenvalue weighted by molar-refractivity contribution is -0.145. The standard InChI is InChI=1S/C19H11ClF9N5O.H2S/c1-8(14-32-16(19(27,28)29)33-34(14)13-3-2-12(20)7-30-13)31-15(35)9-4-10(17(21,22)23)6-11(5-9)18(24,25)26;/h2-8H,1H3,(H,31,35);1H2/t8-;/m0./s1. The molecule has 1 aromatic carbocycles. The number of pyridine rings is 1. The third-order valence-corrected chi connectivity index (χ3v) is 4.62. The fraction of sp³-hybridized carbons (Fsp3) is 0.263. The molecule has 36 heavy (non-hydrogen) atoms. The van der Waals surface area contributed by atoms with Gasteiger partial charge < -0.3 is 5.32 Å². The van der Waals surface area contributed by atoms with Crippen LogP contribution in [0.4, 0.5) is 39.5 Å². The Morgan fingerprint density at radius 2 is 1.50 bits per heavy atom. The van der Waals surface area contributed by atoms with Crippen LogP contribution in [0.5, 0.6) is 0 Å². The molecular formula is C19H13ClF9N5OS. The van der Waals surface area contributed by atoms with Crippen molar-refractivity contribution in [2.24, 2.45) is 0 Å². The zero-order valence-corrected chi connectivity index (χ0v) is 19.3. The van der Waals surface area contributed by atoms with Crippen LogP contribution in [0.2, 0.25) is 5.02 Å². The Morgan fingerprint density at radius 1 is 0.944 bits per heavy atom. The predicted octanol–water partition coefficient (Wildman–Crippen LogP) is 5.98. The summed E-state index contributed by atoms with van der Waals surface area (Å²) in [5.41, 5.74) is -4.50. The number of amides is 1. The molecule has 3 aromatic rings. The molecule has 0 radical (unpaired) electrons. The van der Waals surface area contributed by atoms with Gasteiger partial charge in [0, 0.05) is 11.8 Å². The molecule has 3 rings (SSSR count). The molecule has 0 aliphatic rings. The summed E-state index contributed by atoms with van der Waals surface area (Å²) in [5.74, 6) is -3.81. The quantitative estimate of drug-likeness (QED) is 0.395. The predicted molar refractivity (Wildman–Crippen MR) is 112 cm³/mol. The van der Waals surface area contributed by atoms with Crippen molar-refractivity contribution < 1.29 is 44.3 Å². The average Bonchev–Trinajstić information content (AvgIpc) is 3.19. The second-order valence-corrected chi connectivity index (χ2v) is 7.46. The number of benzene rings is 1. The van der Waals surface area contributed by atoms with E-state index in [9.17, 15) is 44.3 Å². The molecule has 0 saturated heterocycles. The zero-order valence-electron chi connectivity index (χ0n) is 17.5. The molecule has 0 spiro atoms. The minimum absolute atomic E-state index is 0. The van der Waals surface area contributed by atoms with Crippen LogP contribution < -0.4 is 5.32 Å². The molecule has 0 unspecified atom stereocenters. The van der Waals surface area contributed by atoms with Crippen LogP contribution >= 0.6 is 25.1 Å². The van der Waals surface area contributed by atoms with Crippen molar-refractivity contribution in [1.29, 1.82) is 0 Å². The van der Waals surface area contributed by atoms with Crippen molar-refractivity contribution in [3.8, 4) is 5.82 Å². The lowest BCUT2D eigenvalue weighted by atomic mass is 10.0. The first-order valence-corrected chi connectivity index (χ1v) is 9.61. The molecule has 17 heteroatoms. The number of nitrogens with zero attached hydrogens (tertiary/aromatic N) is 4. The van der Waals surface area contributed by atoms with Crippen molar-refractivity contribution in [2.45, 2.75) is 31.5 Å². The van der Waals surface area contributed by atoms with E-state index in [4.69, 9.17) is 11.6 Å². The van der Waals surface area contributed by atoms with Gasteiger partial charge in [-0.05, 0) is 37.3 Å². The van der Waals surface area contributed by atoms with Crippen LogP contribution in [-0.4, -0.2) is 25.7 Å². The molecule has 1 atom stereocenters. The number of carbonyl (C=O) groups excluding carboxylic acids is 1. The summed E-state index contributed by atoms with van der Waals surface area (Å²) in [5, 5.41) is 5.48. The summed E-state index contributed by atoms with van der Waals surface area (Å²) in [6.45, 7) is 1.10. The number of halogens is 10. The highest BCUT2D eigenvalue weighted by Gasteiger charge is 2.39. The fourth-order valence-corrected chi connectivity index (χ4v) is 2.93. The molecule has 1 N–H and O–H groups in total. The SMILES string of the molecule is C[C@H](NC(=O)c1cc(C(F)(F)F)cc(C(F)(F)F)c1)c1nc(C(F)(F)F)nn1-c1ccc(Cl)cn1.S. The first-order valence-electron chi connectivity index (χ1n) is 9.23. The molecule has 0 saturated carbocycles. The van der Waals surface area contributed by atoms with Crippen LogP contribution in [0.1, 0.15) is 46.1 Å². The molecule has 0 bridgehead atoms. The molecule has 6 nitrogen and oxygen atoms in total. The summed E-state index contributed by atoms with van der Waals surface area (Å²) in [6.07, 6.45) is -14.3. The topological polar surface area (TPSA) is 72.7 Å². The maximum Gasteiger partial charge on any atom is 0.453 e. The number of nitrogens with one attached hydrogen (secondary N) is 1. The van der Waals surface area contributed by atoms with Crippen LogP contribution in [0.15, 0.2) is 36.5 Å². The lowest BCUT2D eigenvalue weighted by Gasteiger charge is -2.17. The van der Waals surface area contributed by atoms with Crippen molar-refractivity contribution in [1.82, 2.24) is 25.1 Å². The van der Waals surface area contributed by atoms with Gasteiger partial charge in [-0.15, -0.1) is 5.10 Å². The maximum absolute atomic E-state index is 13.2. The summed E-state index contributed by atoms with van der Waals surface area (Å²) in [4.78, 5) is 19.6. The van der Waals surface area contributed by atoms with E-state index in [1.807, 2.05) is 5.32 Å². The van der Waals surface area contributed by atoms with Gasteiger partial charge in [0.2, 0.25) is 0 Å². The second-order valence-electron chi connectivity index (χ2n) is 7.03. The molecule has 0 aliphatic heterocycles. The molecule has 2 aromatic heterocycles. The highest BCUT2D eigenvalue weighted by atomic mass is 35.5. The molecule has 0 aliphatic carbocycles. The normalized spacial score (nSPS) is 13.2. The van der Waals surface area contributed by atoms with Gasteiger partial charge in [-0.2, -0.15) is 57.7 Å². The number of hydrogen-bond acceptors (Lipinski definition) is 4. The molecule has 196 valence electrons. The van der Waals surface area contributed by atoms with Gasteiger partial charge in [0.25, 0.3) is 11.7 Å². The second kappa shape index (κ2) is 10.2. The summed E-state index contributed by atoms with van der Waals surface area (Å²) < 4.78 is 119. The van der Waals surface area contributed by atoms with Crippen LogP contribution in [0, 0.1) is 0 Å². The Morgan fingerprint density at radius 3 is 1.94 bits per heavy atom. The van der Waals surface area contributed by atoms with E-state index in [1.165, 1.54) is 12.1 Å².